The van der Waals surface area contributed by atoms with Crippen molar-refractivity contribution in [2.45, 2.75) is 37.4 Å². The second-order valence-corrected chi connectivity index (χ2v) is 6.86. The molecule has 0 bridgehead atoms. The Balaban J connectivity index is 2.58. The van der Waals surface area contributed by atoms with Crippen LogP contribution in [0, 0.1) is 0 Å². The molecule has 1 rings (SSSR count). The van der Waals surface area contributed by atoms with Crippen molar-refractivity contribution in [1.29, 1.82) is 0 Å². The van der Waals surface area contributed by atoms with Crippen LogP contribution in [-0.2, 0) is 24.4 Å². The Bertz CT molecular complexity index is 389. The van der Waals surface area contributed by atoms with E-state index in [1.807, 2.05) is 0 Å². The second kappa shape index (κ2) is 4.77. The zero-order chi connectivity index (χ0) is 11.5. The molecule has 1 saturated carbocycles. The third-order valence-electron chi connectivity index (χ3n) is 2.32. The Morgan fingerprint density at radius 2 is 1.60 bits per heavy atom. The van der Waals surface area contributed by atoms with Crippen LogP contribution in [0.15, 0.2) is 0 Å². The Kier molecular flexibility index (Phi) is 4.10. The molecule has 15 heavy (non-hydrogen) atoms. The Labute approximate surface area is 89.5 Å². The molecule has 0 saturated heterocycles. The van der Waals surface area contributed by atoms with Crippen molar-refractivity contribution in [3.8, 4) is 0 Å². The zero-order valence-electron chi connectivity index (χ0n) is 8.12. The zero-order valence-corrected chi connectivity index (χ0v) is 9.76. The lowest BCUT2D eigenvalue weighted by atomic mass is 10.0. The maximum absolute atomic E-state index is 11.4. The van der Waals surface area contributed by atoms with Gasteiger partial charge in [0, 0.05) is 0 Å². The maximum atomic E-state index is 11.4. The predicted molar refractivity (Wildman–Crippen MR) is 53.3 cm³/mol. The van der Waals surface area contributed by atoms with E-state index in [0.717, 1.165) is 19.3 Å². The normalized spacial score (nSPS) is 20.3. The van der Waals surface area contributed by atoms with Crippen LogP contribution in [0.1, 0.15) is 32.1 Å². The van der Waals surface area contributed by atoms with E-state index in [1.165, 1.54) is 0 Å². The van der Waals surface area contributed by atoms with Gasteiger partial charge in [-0.1, -0.05) is 19.3 Å². The van der Waals surface area contributed by atoms with Gasteiger partial charge in [0.05, 0.1) is 5.25 Å². The fraction of sp³-hybridized carbons (Fsp3) is 1.00. The third-order valence-corrected chi connectivity index (χ3v) is 4.62. The maximum Gasteiger partial charge on any atom is 0.290 e. The van der Waals surface area contributed by atoms with Crippen molar-refractivity contribution in [3.63, 3.8) is 0 Å². The lowest BCUT2D eigenvalue weighted by Gasteiger charge is -2.20. The molecule has 1 fully saturated rings. The SMILES string of the molecule is O=S(=O)(O)COS(=O)(=O)C1CCCCC1. The summed E-state index contributed by atoms with van der Waals surface area (Å²) < 4.78 is 56.2. The van der Waals surface area contributed by atoms with Crippen LogP contribution in [0.2, 0.25) is 0 Å². The highest BCUT2D eigenvalue weighted by molar-refractivity contribution is 7.89. The second-order valence-electron chi connectivity index (χ2n) is 3.57. The molecule has 0 unspecified atom stereocenters. The van der Waals surface area contributed by atoms with Gasteiger partial charge in [0.1, 0.15) is 0 Å². The molecule has 6 nitrogen and oxygen atoms in total. The third kappa shape index (κ3) is 4.45. The number of rotatable bonds is 4. The fourth-order valence-electron chi connectivity index (χ4n) is 1.58. The van der Waals surface area contributed by atoms with Gasteiger partial charge in [-0.25, -0.2) is 0 Å². The summed E-state index contributed by atoms with van der Waals surface area (Å²) in [5.41, 5.74) is 0. The highest BCUT2D eigenvalue weighted by atomic mass is 32.2. The molecule has 1 aliphatic rings. The largest absolute Gasteiger partial charge is 0.290 e. The van der Waals surface area contributed by atoms with Crippen molar-refractivity contribution in [3.05, 3.63) is 0 Å². The average molecular weight is 258 g/mol. The average Bonchev–Trinajstić information content (AvgIpc) is 2.16. The number of hydrogen-bond acceptors (Lipinski definition) is 5. The molecule has 8 heteroatoms. The molecule has 0 aromatic rings. The fourth-order valence-corrected chi connectivity index (χ4v) is 3.70. The van der Waals surface area contributed by atoms with Crippen molar-refractivity contribution in [2.75, 3.05) is 5.94 Å². The molecule has 90 valence electrons. The molecule has 1 aliphatic carbocycles. The van der Waals surface area contributed by atoms with E-state index >= 15 is 0 Å². The van der Waals surface area contributed by atoms with E-state index in [-0.39, 0.29) is 0 Å². The first-order valence-corrected chi connectivity index (χ1v) is 7.73. The van der Waals surface area contributed by atoms with Crippen LogP contribution in [0.5, 0.6) is 0 Å². The molecule has 0 aromatic heterocycles. The quantitative estimate of drug-likeness (QED) is 0.583. The molecule has 0 heterocycles. The molecular weight excluding hydrogens is 244 g/mol. The van der Waals surface area contributed by atoms with E-state index < -0.39 is 31.4 Å². The Morgan fingerprint density at radius 1 is 1.07 bits per heavy atom. The molecule has 0 spiro atoms. The molecular formula is C7H14O6S2. The minimum absolute atomic E-state index is 0.494. The topological polar surface area (TPSA) is 97.7 Å². The van der Waals surface area contributed by atoms with E-state index in [2.05, 4.69) is 4.18 Å². The van der Waals surface area contributed by atoms with Gasteiger partial charge in [-0.2, -0.15) is 16.8 Å². The van der Waals surface area contributed by atoms with Crippen LogP contribution in [0.25, 0.3) is 0 Å². The van der Waals surface area contributed by atoms with E-state index in [0.29, 0.717) is 12.8 Å². The first-order valence-electron chi connectivity index (χ1n) is 4.65. The van der Waals surface area contributed by atoms with Crippen LogP contribution in [0.3, 0.4) is 0 Å². The van der Waals surface area contributed by atoms with E-state index in [4.69, 9.17) is 4.55 Å². The smallest absolute Gasteiger partial charge is 0.284 e. The lowest BCUT2D eigenvalue weighted by molar-refractivity contribution is 0.332. The first-order chi connectivity index (χ1) is 6.81. The van der Waals surface area contributed by atoms with Gasteiger partial charge in [-0.3, -0.25) is 8.74 Å². The first kappa shape index (κ1) is 12.9. The molecule has 0 aliphatic heterocycles. The summed E-state index contributed by atoms with van der Waals surface area (Å²) in [6.07, 6.45) is 3.59. The lowest BCUT2D eigenvalue weighted by Crippen LogP contribution is -2.27. The van der Waals surface area contributed by atoms with Crippen molar-refractivity contribution < 1.29 is 25.6 Å². The predicted octanol–water partition coefficient (Wildman–Crippen LogP) is 0.511. The summed E-state index contributed by atoms with van der Waals surface area (Å²) in [5.74, 6) is -1.19. The Morgan fingerprint density at radius 3 is 2.07 bits per heavy atom. The molecule has 0 aromatic carbocycles. The van der Waals surface area contributed by atoms with Crippen molar-refractivity contribution >= 4 is 20.2 Å². The van der Waals surface area contributed by atoms with Crippen LogP contribution in [0.4, 0.5) is 0 Å². The summed E-state index contributed by atoms with van der Waals surface area (Å²) in [5, 5.41) is -0.631. The summed E-state index contributed by atoms with van der Waals surface area (Å²) in [6, 6.07) is 0. The van der Waals surface area contributed by atoms with Crippen LogP contribution < -0.4 is 0 Å². The van der Waals surface area contributed by atoms with Crippen molar-refractivity contribution in [2.24, 2.45) is 0 Å². The van der Waals surface area contributed by atoms with Gasteiger partial charge in [0.15, 0.2) is 5.94 Å². The molecule has 0 atom stereocenters. The minimum Gasteiger partial charge on any atom is -0.284 e. The van der Waals surface area contributed by atoms with Crippen LogP contribution in [-0.4, -0.2) is 32.6 Å². The van der Waals surface area contributed by atoms with Gasteiger partial charge in [0.25, 0.3) is 20.2 Å². The monoisotopic (exact) mass is 258 g/mol. The highest BCUT2D eigenvalue weighted by Crippen LogP contribution is 2.24. The van der Waals surface area contributed by atoms with Gasteiger partial charge in [-0.05, 0) is 12.8 Å². The van der Waals surface area contributed by atoms with Gasteiger partial charge in [-0.15, -0.1) is 0 Å². The summed E-state index contributed by atoms with van der Waals surface area (Å²) >= 11 is 0. The molecule has 0 radical (unpaired) electrons. The van der Waals surface area contributed by atoms with Crippen LogP contribution >= 0.6 is 0 Å². The van der Waals surface area contributed by atoms with Gasteiger partial charge < -0.3 is 0 Å². The molecule has 0 amide bonds. The number of hydrogen-bond donors (Lipinski definition) is 1. The van der Waals surface area contributed by atoms with Crippen molar-refractivity contribution in [1.82, 2.24) is 0 Å². The molecule has 1 N–H and O–H groups in total. The standard InChI is InChI=1S/C7H14O6S2/c8-14(9,10)6-13-15(11,12)7-4-2-1-3-5-7/h7H,1-6H2,(H,8,9,10). The summed E-state index contributed by atoms with van der Waals surface area (Å²) in [7, 11) is -8.25. The summed E-state index contributed by atoms with van der Waals surface area (Å²) in [6.45, 7) is 0. The minimum atomic E-state index is -4.40. The highest BCUT2D eigenvalue weighted by Gasteiger charge is 2.29. The van der Waals surface area contributed by atoms with Gasteiger partial charge in [0.2, 0.25) is 0 Å². The summed E-state index contributed by atoms with van der Waals surface area (Å²) in [4.78, 5) is 0. The van der Waals surface area contributed by atoms with E-state index in [9.17, 15) is 16.8 Å². The Hall–Kier alpha value is -0.180. The van der Waals surface area contributed by atoms with Gasteiger partial charge >= 0.3 is 0 Å². The van der Waals surface area contributed by atoms with E-state index in [1.54, 1.807) is 0 Å².